The lowest BCUT2D eigenvalue weighted by Gasteiger charge is -2.37. The van der Waals surface area contributed by atoms with E-state index in [1.54, 1.807) is 12.1 Å². The molecule has 1 saturated heterocycles. The van der Waals surface area contributed by atoms with E-state index in [4.69, 9.17) is 17.3 Å². The van der Waals surface area contributed by atoms with E-state index in [1.165, 1.54) is 6.20 Å². The summed E-state index contributed by atoms with van der Waals surface area (Å²) in [6.45, 7) is 6.93. The van der Waals surface area contributed by atoms with Crippen LogP contribution in [-0.4, -0.2) is 50.1 Å². The zero-order valence-corrected chi connectivity index (χ0v) is 20.1. The number of nitrogens with two attached hydrogens (primary N) is 1. The average molecular weight is 487 g/mol. The summed E-state index contributed by atoms with van der Waals surface area (Å²) < 4.78 is 15.1. The summed E-state index contributed by atoms with van der Waals surface area (Å²) >= 11 is 6.21. The van der Waals surface area contributed by atoms with Gasteiger partial charge < -0.3 is 16.4 Å². The van der Waals surface area contributed by atoms with Crippen LogP contribution in [0.25, 0.3) is 0 Å². The molecule has 2 unspecified atom stereocenters. The number of hydrogen-bond acceptors (Lipinski definition) is 7. The molecular formula is C23H28ClFN8O. The Balaban J connectivity index is 1.49. The number of primary amides is 1. The number of anilines is 4. The Morgan fingerprint density at radius 1 is 1.32 bits per heavy atom. The third-order valence-electron chi connectivity index (χ3n) is 6.11. The van der Waals surface area contributed by atoms with Crippen LogP contribution in [0.3, 0.4) is 0 Å². The molecule has 9 nitrogen and oxygen atoms in total. The molecule has 34 heavy (non-hydrogen) atoms. The van der Waals surface area contributed by atoms with Crippen LogP contribution < -0.4 is 16.4 Å². The number of benzene rings is 1. The zero-order chi connectivity index (χ0) is 24.4. The van der Waals surface area contributed by atoms with Crippen molar-refractivity contribution < 1.29 is 9.18 Å². The van der Waals surface area contributed by atoms with E-state index in [1.807, 2.05) is 19.9 Å². The third-order valence-corrected chi connectivity index (χ3v) is 6.39. The van der Waals surface area contributed by atoms with E-state index in [0.717, 1.165) is 36.2 Å². The van der Waals surface area contributed by atoms with Crippen LogP contribution in [0.1, 0.15) is 42.5 Å². The van der Waals surface area contributed by atoms with Crippen molar-refractivity contribution in [2.24, 2.45) is 5.73 Å². The molecule has 4 rings (SSSR count). The van der Waals surface area contributed by atoms with Gasteiger partial charge in [-0.05, 0) is 69.3 Å². The van der Waals surface area contributed by atoms with Gasteiger partial charge in [-0.25, -0.2) is 9.37 Å². The topological polar surface area (TPSA) is 125 Å². The lowest BCUT2D eigenvalue weighted by Crippen LogP contribution is -2.44. The van der Waals surface area contributed by atoms with Crippen LogP contribution >= 0.6 is 11.6 Å². The molecule has 3 heterocycles. The highest BCUT2D eigenvalue weighted by molar-refractivity contribution is 6.32. The number of aryl methyl sites for hydroxylation is 2. The number of likely N-dealkylation sites (tertiary alicyclic amines) is 1. The van der Waals surface area contributed by atoms with Gasteiger partial charge in [0.25, 0.3) is 0 Å². The van der Waals surface area contributed by atoms with E-state index < -0.39 is 0 Å². The highest BCUT2D eigenvalue weighted by Gasteiger charge is 2.28. The van der Waals surface area contributed by atoms with E-state index in [-0.39, 0.29) is 41.9 Å². The predicted molar refractivity (Wildman–Crippen MR) is 130 cm³/mol. The summed E-state index contributed by atoms with van der Waals surface area (Å²) in [5, 5.41) is 13.2. The van der Waals surface area contributed by atoms with Crippen LogP contribution in [0.5, 0.6) is 0 Å². The fourth-order valence-electron chi connectivity index (χ4n) is 4.41. The lowest BCUT2D eigenvalue weighted by atomic mass is 9.83. The van der Waals surface area contributed by atoms with Crippen molar-refractivity contribution >= 4 is 40.8 Å². The highest BCUT2D eigenvalue weighted by atomic mass is 35.5. The van der Waals surface area contributed by atoms with Crippen molar-refractivity contribution in [1.29, 1.82) is 0 Å². The maximum Gasteiger partial charge on any atom is 0.231 e. The van der Waals surface area contributed by atoms with Crippen molar-refractivity contribution in [3.63, 3.8) is 0 Å². The molecule has 0 aliphatic carbocycles. The lowest BCUT2D eigenvalue weighted by molar-refractivity contribution is -0.120. The van der Waals surface area contributed by atoms with E-state index in [2.05, 4.69) is 42.6 Å². The smallest absolute Gasteiger partial charge is 0.231 e. The first-order valence-corrected chi connectivity index (χ1v) is 11.5. The minimum atomic E-state index is -0.385. The Kier molecular flexibility index (Phi) is 6.99. The molecule has 3 aromatic rings. The molecule has 1 aromatic carbocycles. The third kappa shape index (κ3) is 5.45. The van der Waals surface area contributed by atoms with Gasteiger partial charge in [-0.2, -0.15) is 10.1 Å². The first-order chi connectivity index (χ1) is 16.2. The molecule has 1 fully saturated rings. The largest absolute Gasteiger partial charge is 0.369 e. The Labute approximate surface area is 202 Å². The number of aromatic nitrogens is 4. The van der Waals surface area contributed by atoms with Crippen LogP contribution in [0.2, 0.25) is 5.02 Å². The van der Waals surface area contributed by atoms with Gasteiger partial charge >= 0.3 is 0 Å². The molecule has 2 aromatic heterocycles. The van der Waals surface area contributed by atoms with Crippen molar-refractivity contribution in [2.45, 2.75) is 45.6 Å². The molecule has 0 spiro atoms. The monoisotopic (exact) mass is 486 g/mol. The quantitative estimate of drug-likeness (QED) is 0.395. The predicted octanol–water partition coefficient (Wildman–Crippen LogP) is 4.15. The SMILES string of the molecule is Cc1cc(Nc2nc(Nc3cc(C)c(C4CCN(CC(N)=O)C(C)C4)cc3F)ncc2Cl)n[nH]1. The van der Waals surface area contributed by atoms with E-state index >= 15 is 4.39 Å². The van der Waals surface area contributed by atoms with Crippen LogP contribution in [-0.2, 0) is 4.79 Å². The Morgan fingerprint density at radius 2 is 2.12 bits per heavy atom. The molecule has 1 aliphatic heterocycles. The normalized spacial score (nSPS) is 18.6. The maximum atomic E-state index is 15.1. The molecular weight excluding hydrogens is 459 g/mol. The number of hydrogen-bond donors (Lipinski definition) is 4. The van der Waals surface area contributed by atoms with Gasteiger partial charge in [0.2, 0.25) is 11.9 Å². The standard InChI is InChI=1S/C23H28ClFN8O/c1-12-6-19(18(25)9-16(12)15-4-5-33(11-20(26)34)14(3)8-15)28-23-27-10-17(24)22(30-23)29-21-7-13(2)31-32-21/h6-7,9-10,14-15H,4-5,8,11H2,1-3H3,(H2,26,34)(H3,27,28,29,30,31,32). The highest BCUT2D eigenvalue weighted by Crippen LogP contribution is 2.35. The first kappa shape index (κ1) is 23.9. The molecule has 0 radical (unpaired) electrons. The summed E-state index contributed by atoms with van der Waals surface area (Å²) in [5.41, 5.74) is 8.47. The number of carbonyl (C=O) groups is 1. The number of carbonyl (C=O) groups excluding carboxylic acids is 1. The summed E-state index contributed by atoms with van der Waals surface area (Å²) in [6, 6.07) is 5.36. The number of piperidine rings is 1. The minimum Gasteiger partial charge on any atom is -0.369 e. The van der Waals surface area contributed by atoms with E-state index in [0.29, 0.717) is 16.7 Å². The van der Waals surface area contributed by atoms with Crippen LogP contribution in [0.15, 0.2) is 24.4 Å². The van der Waals surface area contributed by atoms with Crippen molar-refractivity contribution in [1.82, 2.24) is 25.1 Å². The molecule has 180 valence electrons. The average Bonchev–Trinajstić information content (AvgIpc) is 3.18. The van der Waals surface area contributed by atoms with Gasteiger partial charge in [0.15, 0.2) is 11.6 Å². The van der Waals surface area contributed by atoms with Crippen molar-refractivity contribution in [3.05, 3.63) is 52.1 Å². The van der Waals surface area contributed by atoms with Gasteiger partial charge in [-0.1, -0.05) is 11.6 Å². The summed E-state index contributed by atoms with van der Waals surface area (Å²) in [4.78, 5) is 21.9. The number of H-pyrrole nitrogens is 1. The Bertz CT molecular complexity index is 1200. The Hall–Kier alpha value is -3.24. The van der Waals surface area contributed by atoms with Gasteiger partial charge in [0.05, 0.1) is 18.4 Å². The van der Waals surface area contributed by atoms with E-state index in [9.17, 15) is 4.79 Å². The summed E-state index contributed by atoms with van der Waals surface area (Å²) in [7, 11) is 0. The number of aromatic amines is 1. The maximum absolute atomic E-state index is 15.1. The van der Waals surface area contributed by atoms with Crippen molar-refractivity contribution in [2.75, 3.05) is 23.7 Å². The number of rotatable bonds is 7. The summed E-state index contributed by atoms with van der Waals surface area (Å²) in [6.07, 6.45) is 3.12. The number of amides is 1. The second-order valence-corrected chi connectivity index (χ2v) is 9.18. The fraction of sp³-hybridized carbons (Fsp3) is 0.391. The second-order valence-electron chi connectivity index (χ2n) is 8.77. The van der Waals surface area contributed by atoms with Crippen molar-refractivity contribution in [3.8, 4) is 0 Å². The molecule has 1 aliphatic rings. The Morgan fingerprint density at radius 3 is 2.79 bits per heavy atom. The van der Waals surface area contributed by atoms with Crippen LogP contribution in [0, 0.1) is 19.7 Å². The zero-order valence-electron chi connectivity index (χ0n) is 19.3. The van der Waals surface area contributed by atoms with Crippen LogP contribution in [0.4, 0.5) is 27.7 Å². The first-order valence-electron chi connectivity index (χ1n) is 11.1. The number of nitrogens with zero attached hydrogens (tertiary/aromatic N) is 4. The molecule has 11 heteroatoms. The molecule has 5 N–H and O–H groups in total. The minimum absolute atomic E-state index is 0.193. The van der Waals surface area contributed by atoms with Gasteiger partial charge in [-0.15, -0.1) is 0 Å². The molecule has 1 amide bonds. The molecule has 2 atom stereocenters. The fourth-order valence-corrected chi connectivity index (χ4v) is 4.55. The summed E-state index contributed by atoms with van der Waals surface area (Å²) in [5.74, 6) is 0.623. The number of halogens is 2. The molecule has 0 saturated carbocycles. The van der Waals surface area contributed by atoms with Gasteiger partial charge in [0, 0.05) is 17.8 Å². The second kappa shape index (κ2) is 9.94. The van der Waals surface area contributed by atoms with Gasteiger partial charge in [-0.3, -0.25) is 14.8 Å². The number of nitrogens with one attached hydrogen (secondary N) is 3. The van der Waals surface area contributed by atoms with Gasteiger partial charge in [0.1, 0.15) is 10.8 Å². The molecule has 0 bridgehead atoms.